The fourth-order valence-corrected chi connectivity index (χ4v) is 4.06. The number of nitrogens with one attached hydrogen (secondary N) is 1. The largest absolute Gasteiger partial charge is 0.478 e. The molecule has 0 radical (unpaired) electrons. The normalized spacial score (nSPS) is 10.9. The van der Waals surface area contributed by atoms with Gasteiger partial charge in [-0.25, -0.2) is 14.9 Å². The first-order chi connectivity index (χ1) is 16.0. The Morgan fingerprint density at radius 3 is 2.42 bits per heavy atom. The Bertz CT molecular complexity index is 1250. The molecule has 0 saturated carbocycles. The molecule has 4 aromatic rings. The summed E-state index contributed by atoms with van der Waals surface area (Å²) in [5.41, 5.74) is 5.86. The van der Waals surface area contributed by atoms with Crippen LogP contribution in [0.1, 0.15) is 40.5 Å². The molecule has 2 aromatic carbocycles. The highest BCUT2D eigenvalue weighted by atomic mass is 16.4. The summed E-state index contributed by atoms with van der Waals surface area (Å²) < 4.78 is 0. The van der Waals surface area contributed by atoms with E-state index in [1.807, 2.05) is 49.1 Å². The van der Waals surface area contributed by atoms with Crippen LogP contribution in [0.3, 0.4) is 0 Å². The predicted octanol–water partition coefficient (Wildman–Crippen LogP) is 4.66. The van der Waals surface area contributed by atoms with Crippen LogP contribution >= 0.6 is 0 Å². The number of H-pyrrole nitrogens is 1. The Kier molecular flexibility index (Phi) is 6.44. The highest BCUT2D eigenvalue weighted by Crippen LogP contribution is 2.30. The van der Waals surface area contributed by atoms with E-state index in [0.29, 0.717) is 24.7 Å². The van der Waals surface area contributed by atoms with Crippen LogP contribution in [0.15, 0.2) is 54.6 Å². The number of aromatic nitrogens is 5. The Morgan fingerprint density at radius 2 is 1.79 bits per heavy atom. The van der Waals surface area contributed by atoms with Crippen molar-refractivity contribution in [1.82, 2.24) is 25.6 Å². The minimum atomic E-state index is -0.954. The van der Waals surface area contributed by atoms with Crippen LogP contribution in [-0.2, 0) is 6.54 Å². The molecule has 0 amide bonds. The van der Waals surface area contributed by atoms with Gasteiger partial charge in [-0.2, -0.15) is 0 Å². The zero-order chi connectivity index (χ0) is 23.4. The molecule has 0 fully saturated rings. The van der Waals surface area contributed by atoms with Crippen LogP contribution < -0.4 is 4.90 Å². The summed E-state index contributed by atoms with van der Waals surface area (Å²) in [5.74, 6) is 0.185. The summed E-state index contributed by atoms with van der Waals surface area (Å²) in [7, 11) is 0. The summed E-state index contributed by atoms with van der Waals surface area (Å²) in [6.07, 6.45) is 0.879. The standard InChI is InChI=1S/C25H26N6O2/c1-4-13-31(24-22(25(32)33)16(2)14-17(3)26-24)15-18-9-11-19(12-10-18)20-7-5-6-8-21(20)23-27-29-30-28-23/h5-12,14H,4,13,15H2,1-3H3,(H,32,33)(H,27,28,29,30). The van der Waals surface area contributed by atoms with Crippen molar-refractivity contribution in [2.75, 3.05) is 11.4 Å². The van der Waals surface area contributed by atoms with E-state index in [1.165, 1.54) is 0 Å². The number of carbonyl (C=O) groups is 1. The van der Waals surface area contributed by atoms with E-state index in [0.717, 1.165) is 39.9 Å². The van der Waals surface area contributed by atoms with E-state index in [1.54, 1.807) is 0 Å². The fraction of sp³-hybridized carbons (Fsp3) is 0.240. The van der Waals surface area contributed by atoms with Gasteiger partial charge in [-0.3, -0.25) is 0 Å². The van der Waals surface area contributed by atoms with Gasteiger partial charge in [0.25, 0.3) is 0 Å². The number of rotatable bonds is 8. The lowest BCUT2D eigenvalue weighted by Gasteiger charge is -2.26. The first-order valence-corrected chi connectivity index (χ1v) is 10.9. The molecule has 0 spiro atoms. The highest BCUT2D eigenvalue weighted by molar-refractivity contribution is 5.95. The fourth-order valence-electron chi connectivity index (χ4n) is 4.06. The Balaban J connectivity index is 1.65. The quantitative estimate of drug-likeness (QED) is 0.408. The van der Waals surface area contributed by atoms with E-state index >= 15 is 0 Å². The van der Waals surface area contributed by atoms with Crippen molar-refractivity contribution in [3.05, 3.63) is 77.0 Å². The molecular weight excluding hydrogens is 416 g/mol. The number of anilines is 1. The van der Waals surface area contributed by atoms with E-state index < -0.39 is 5.97 Å². The van der Waals surface area contributed by atoms with Gasteiger partial charge in [0.2, 0.25) is 0 Å². The molecule has 8 heteroatoms. The van der Waals surface area contributed by atoms with Gasteiger partial charge in [0.15, 0.2) is 5.82 Å². The van der Waals surface area contributed by atoms with Gasteiger partial charge in [-0.05, 0) is 59.0 Å². The number of aromatic carboxylic acids is 1. The molecule has 2 aromatic heterocycles. The maximum atomic E-state index is 12.0. The van der Waals surface area contributed by atoms with Crippen molar-refractivity contribution >= 4 is 11.8 Å². The first-order valence-electron chi connectivity index (χ1n) is 10.9. The molecule has 0 aliphatic carbocycles. The molecule has 2 heterocycles. The van der Waals surface area contributed by atoms with Gasteiger partial charge in [0.1, 0.15) is 11.4 Å². The topological polar surface area (TPSA) is 108 Å². The maximum absolute atomic E-state index is 12.0. The van der Waals surface area contributed by atoms with Crippen LogP contribution in [0.4, 0.5) is 5.82 Å². The maximum Gasteiger partial charge on any atom is 0.339 e. The monoisotopic (exact) mass is 442 g/mol. The highest BCUT2D eigenvalue weighted by Gasteiger charge is 2.21. The minimum Gasteiger partial charge on any atom is -0.478 e. The number of nitrogens with zero attached hydrogens (tertiary/aromatic N) is 5. The molecular formula is C25H26N6O2. The molecule has 0 saturated heterocycles. The lowest BCUT2D eigenvalue weighted by Crippen LogP contribution is -2.27. The Labute approximate surface area is 192 Å². The van der Waals surface area contributed by atoms with Gasteiger partial charge in [0.05, 0.1) is 0 Å². The van der Waals surface area contributed by atoms with Crippen LogP contribution in [0, 0.1) is 13.8 Å². The summed E-state index contributed by atoms with van der Waals surface area (Å²) in [6, 6.07) is 18.0. The third kappa shape index (κ3) is 4.74. The molecule has 0 atom stereocenters. The van der Waals surface area contributed by atoms with Crippen molar-refractivity contribution in [1.29, 1.82) is 0 Å². The van der Waals surface area contributed by atoms with Gasteiger partial charge in [0, 0.05) is 24.3 Å². The number of aryl methyl sites for hydroxylation is 2. The van der Waals surface area contributed by atoms with Gasteiger partial charge in [-0.1, -0.05) is 55.5 Å². The lowest BCUT2D eigenvalue weighted by atomic mass is 9.98. The molecule has 0 unspecified atom stereocenters. The zero-order valence-electron chi connectivity index (χ0n) is 18.9. The van der Waals surface area contributed by atoms with E-state index in [4.69, 9.17) is 0 Å². The second-order valence-corrected chi connectivity index (χ2v) is 8.00. The minimum absolute atomic E-state index is 0.264. The second kappa shape index (κ2) is 9.60. The van der Waals surface area contributed by atoms with Gasteiger partial charge >= 0.3 is 5.97 Å². The van der Waals surface area contributed by atoms with Crippen molar-refractivity contribution in [2.24, 2.45) is 0 Å². The van der Waals surface area contributed by atoms with Crippen LogP contribution in [0.2, 0.25) is 0 Å². The molecule has 33 heavy (non-hydrogen) atoms. The van der Waals surface area contributed by atoms with E-state index in [9.17, 15) is 9.90 Å². The van der Waals surface area contributed by atoms with Crippen LogP contribution in [0.25, 0.3) is 22.5 Å². The molecule has 2 N–H and O–H groups in total. The smallest absolute Gasteiger partial charge is 0.339 e. The van der Waals surface area contributed by atoms with E-state index in [-0.39, 0.29) is 5.56 Å². The number of carboxylic acids is 1. The van der Waals surface area contributed by atoms with E-state index in [2.05, 4.69) is 56.8 Å². The second-order valence-electron chi connectivity index (χ2n) is 8.00. The van der Waals surface area contributed by atoms with Crippen molar-refractivity contribution in [3.63, 3.8) is 0 Å². The number of aromatic amines is 1. The predicted molar refractivity (Wildman–Crippen MR) is 127 cm³/mol. The lowest BCUT2D eigenvalue weighted by molar-refractivity contribution is 0.0696. The summed E-state index contributed by atoms with van der Waals surface area (Å²) in [5, 5.41) is 24.0. The molecule has 8 nitrogen and oxygen atoms in total. The molecule has 4 rings (SSSR count). The number of benzene rings is 2. The average molecular weight is 443 g/mol. The Morgan fingerprint density at radius 1 is 1.06 bits per heavy atom. The van der Waals surface area contributed by atoms with Crippen LogP contribution in [0.5, 0.6) is 0 Å². The number of tetrazole rings is 1. The van der Waals surface area contributed by atoms with Crippen molar-refractivity contribution in [3.8, 4) is 22.5 Å². The molecule has 0 aliphatic heterocycles. The SMILES string of the molecule is CCCN(Cc1ccc(-c2ccccc2-c2nnn[nH]2)cc1)c1nc(C)cc(C)c1C(=O)O. The number of carboxylic acid groups (broad SMARTS) is 1. The number of hydrogen-bond donors (Lipinski definition) is 2. The third-order valence-corrected chi connectivity index (χ3v) is 5.50. The zero-order valence-corrected chi connectivity index (χ0v) is 18.9. The number of pyridine rings is 1. The van der Waals surface area contributed by atoms with Gasteiger partial charge < -0.3 is 10.0 Å². The van der Waals surface area contributed by atoms with Crippen molar-refractivity contribution in [2.45, 2.75) is 33.7 Å². The van der Waals surface area contributed by atoms with Crippen molar-refractivity contribution < 1.29 is 9.90 Å². The third-order valence-electron chi connectivity index (χ3n) is 5.50. The summed E-state index contributed by atoms with van der Waals surface area (Å²) in [6.45, 7) is 7.07. The molecule has 168 valence electrons. The average Bonchev–Trinajstić information content (AvgIpc) is 3.33. The van der Waals surface area contributed by atoms with Crippen LogP contribution in [-0.4, -0.2) is 43.2 Å². The summed E-state index contributed by atoms with van der Waals surface area (Å²) >= 11 is 0. The number of hydrogen-bond acceptors (Lipinski definition) is 6. The Hall–Kier alpha value is -4.07. The molecule has 0 bridgehead atoms. The molecule has 0 aliphatic rings. The van der Waals surface area contributed by atoms with Gasteiger partial charge in [-0.15, -0.1) is 5.10 Å². The summed E-state index contributed by atoms with van der Waals surface area (Å²) in [4.78, 5) is 18.6. The first kappa shape index (κ1) is 22.1.